The summed E-state index contributed by atoms with van der Waals surface area (Å²) in [5.74, 6) is 0.836. The van der Waals surface area contributed by atoms with Gasteiger partial charge in [-0.25, -0.2) is 4.79 Å². The number of nitrogens with zero attached hydrogens (tertiary/aromatic N) is 2. The van der Waals surface area contributed by atoms with Crippen LogP contribution in [0.2, 0.25) is 10.0 Å². The van der Waals surface area contributed by atoms with Gasteiger partial charge in [-0.3, -0.25) is 4.79 Å². The molecule has 1 N–H and O–H groups in total. The van der Waals surface area contributed by atoms with Crippen LogP contribution in [0.4, 0.5) is 10.5 Å². The van der Waals surface area contributed by atoms with Crippen molar-refractivity contribution in [2.45, 2.75) is 64.3 Å². The average molecular weight is 440 g/mol. The van der Waals surface area contributed by atoms with Crippen molar-refractivity contribution in [3.8, 4) is 0 Å². The second-order valence-electron chi connectivity index (χ2n) is 8.35. The predicted octanol–water partition coefficient (Wildman–Crippen LogP) is 5.81. The molecule has 0 bridgehead atoms. The van der Waals surface area contributed by atoms with Gasteiger partial charge in [0, 0.05) is 37.1 Å². The fourth-order valence-electron chi connectivity index (χ4n) is 4.25. The molecule has 0 radical (unpaired) electrons. The number of nitrogens with one attached hydrogen (secondary N) is 1. The van der Waals surface area contributed by atoms with Crippen molar-refractivity contribution in [1.82, 2.24) is 9.80 Å². The van der Waals surface area contributed by atoms with Crippen LogP contribution in [0.25, 0.3) is 0 Å². The first kappa shape index (κ1) is 22.2. The summed E-state index contributed by atoms with van der Waals surface area (Å²) in [6.07, 6.45) is 7.91. The number of urea groups is 1. The molecule has 1 aromatic carbocycles. The predicted molar refractivity (Wildman–Crippen MR) is 119 cm³/mol. The minimum absolute atomic E-state index is 0.148. The van der Waals surface area contributed by atoms with E-state index >= 15 is 0 Å². The van der Waals surface area contributed by atoms with Crippen LogP contribution in [0.1, 0.15) is 58.3 Å². The first-order chi connectivity index (χ1) is 13.9. The van der Waals surface area contributed by atoms with E-state index in [2.05, 4.69) is 12.2 Å². The summed E-state index contributed by atoms with van der Waals surface area (Å²) in [7, 11) is 0. The normalized spacial score (nSPS) is 18.5. The van der Waals surface area contributed by atoms with Gasteiger partial charge in [0.15, 0.2) is 0 Å². The van der Waals surface area contributed by atoms with Crippen LogP contribution >= 0.6 is 23.2 Å². The maximum Gasteiger partial charge on any atom is 0.322 e. The Hall–Kier alpha value is -1.46. The minimum Gasteiger partial charge on any atom is -0.343 e. The van der Waals surface area contributed by atoms with Gasteiger partial charge in [0.05, 0.1) is 10.7 Å². The zero-order valence-electron chi connectivity index (χ0n) is 17.1. The van der Waals surface area contributed by atoms with Gasteiger partial charge in [-0.2, -0.15) is 0 Å². The molecule has 0 atom stereocenters. The molecule has 3 rings (SSSR count). The third-order valence-electron chi connectivity index (χ3n) is 6.15. The Balaban J connectivity index is 1.63. The van der Waals surface area contributed by atoms with Gasteiger partial charge in [0.25, 0.3) is 0 Å². The van der Waals surface area contributed by atoms with Crippen molar-refractivity contribution in [1.29, 1.82) is 0 Å². The third kappa shape index (κ3) is 6.26. The number of benzene rings is 1. The summed E-state index contributed by atoms with van der Waals surface area (Å²) >= 11 is 12.2. The van der Waals surface area contributed by atoms with E-state index in [1.54, 1.807) is 18.2 Å². The SMILES string of the molecule is CC1CCN(C(=O)CCN(C(=O)Nc2ccc(Cl)cc2Cl)C2CCCCC2)CC1. The van der Waals surface area contributed by atoms with Crippen LogP contribution in [0.5, 0.6) is 0 Å². The highest BCUT2D eigenvalue weighted by molar-refractivity contribution is 6.36. The Labute approximate surface area is 183 Å². The van der Waals surface area contributed by atoms with Crippen molar-refractivity contribution in [2.24, 2.45) is 5.92 Å². The molecule has 1 saturated heterocycles. The molecule has 3 amide bonds. The smallest absolute Gasteiger partial charge is 0.322 e. The lowest BCUT2D eigenvalue weighted by Crippen LogP contribution is -2.46. The van der Waals surface area contributed by atoms with E-state index in [0.29, 0.717) is 34.6 Å². The summed E-state index contributed by atoms with van der Waals surface area (Å²) in [6.45, 7) is 4.33. The third-order valence-corrected chi connectivity index (χ3v) is 6.70. The lowest BCUT2D eigenvalue weighted by molar-refractivity contribution is -0.132. The van der Waals surface area contributed by atoms with E-state index in [1.165, 1.54) is 6.42 Å². The van der Waals surface area contributed by atoms with Gasteiger partial charge >= 0.3 is 6.03 Å². The van der Waals surface area contributed by atoms with E-state index in [4.69, 9.17) is 23.2 Å². The second kappa shape index (κ2) is 10.5. The second-order valence-corrected chi connectivity index (χ2v) is 9.20. The fourth-order valence-corrected chi connectivity index (χ4v) is 4.71. The lowest BCUT2D eigenvalue weighted by Gasteiger charge is -2.35. The molecule has 1 aliphatic carbocycles. The number of anilines is 1. The number of halogens is 2. The molecular formula is C22H31Cl2N3O2. The van der Waals surface area contributed by atoms with Crippen LogP contribution in [0.15, 0.2) is 18.2 Å². The quantitative estimate of drug-likeness (QED) is 0.628. The zero-order chi connectivity index (χ0) is 20.8. The monoisotopic (exact) mass is 439 g/mol. The summed E-state index contributed by atoms with van der Waals surface area (Å²) < 4.78 is 0. The van der Waals surface area contributed by atoms with Crippen molar-refractivity contribution in [3.63, 3.8) is 0 Å². The maximum atomic E-state index is 13.1. The van der Waals surface area contributed by atoms with Gasteiger partial charge in [0.1, 0.15) is 0 Å². The summed E-state index contributed by atoms with van der Waals surface area (Å²) in [5, 5.41) is 3.85. The Morgan fingerprint density at radius 1 is 1.10 bits per heavy atom. The largest absolute Gasteiger partial charge is 0.343 e. The number of carbonyl (C=O) groups excluding carboxylic acids is 2. The Morgan fingerprint density at radius 2 is 1.79 bits per heavy atom. The molecule has 2 aliphatic rings. The molecular weight excluding hydrogens is 409 g/mol. The van der Waals surface area contributed by atoms with Crippen LogP contribution in [0, 0.1) is 5.92 Å². The standard InChI is InChI=1S/C22H31Cl2N3O2/c1-16-9-12-26(13-10-16)21(28)11-14-27(18-5-3-2-4-6-18)22(29)25-20-8-7-17(23)15-19(20)24/h7-8,15-16,18H,2-6,9-14H2,1H3,(H,25,29). The Morgan fingerprint density at radius 3 is 2.45 bits per heavy atom. The molecule has 29 heavy (non-hydrogen) atoms. The number of carbonyl (C=O) groups is 2. The van der Waals surface area contributed by atoms with Crippen molar-refractivity contribution in [2.75, 3.05) is 25.0 Å². The Kier molecular flexibility index (Phi) is 8.07. The molecule has 160 valence electrons. The molecule has 1 aliphatic heterocycles. The number of hydrogen-bond donors (Lipinski definition) is 1. The highest BCUT2D eigenvalue weighted by Crippen LogP contribution is 2.28. The van der Waals surface area contributed by atoms with E-state index in [-0.39, 0.29) is 18.0 Å². The summed E-state index contributed by atoms with van der Waals surface area (Å²) in [4.78, 5) is 29.6. The highest BCUT2D eigenvalue weighted by Gasteiger charge is 2.28. The summed E-state index contributed by atoms with van der Waals surface area (Å²) in [5.41, 5.74) is 0.540. The van der Waals surface area contributed by atoms with Gasteiger partial charge in [0.2, 0.25) is 5.91 Å². The minimum atomic E-state index is -0.193. The zero-order valence-corrected chi connectivity index (χ0v) is 18.6. The molecule has 0 aromatic heterocycles. The van der Waals surface area contributed by atoms with Crippen molar-refractivity contribution < 1.29 is 9.59 Å². The average Bonchev–Trinajstić information content (AvgIpc) is 2.71. The lowest BCUT2D eigenvalue weighted by atomic mass is 9.94. The summed E-state index contributed by atoms with van der Waals surface area (Å²) in [6, 6.07) is 5.01. The van der Waals surface area contributed by atoms with Crippen molar-refractivity contribution in [3.05, 3.63) is 28.2 Å². The van der Waals surface area contributed by atoms with Crippen molar-refractivity contribution >= 4 is 40.8 Å². The van der Waals surface area contributed by atoms with Crippen LogP contribution in [-0.2, 0) is 4.79 Å². The number of rotatable bonds is 5. The topological polar surface area (TPSA) is 52.7 Å². The number of amides is 3. The van der Waals surface area contributed by atoms with Gasteiger partial charge < -0.3 is 15.1 Å². The van der Waals surface area contributed by atoms with Gasteiger partial charge in [-0.05, 0) is 49.8 Å². The molecule has 5 nitrogen and oxygen atoms in total. The molecule has 2 fully saturated rings. The van der Waals surface area contributed by atoms with E-state index in [1.807, 2.05) is 9.80 Å². The molecule has 1 heterocycles. The first-order valence-corrected chi connectivity index (χ1v) is 11.5. The molecule has 1 aromatic rings. The number of likely N-dealkylation sites (tertiary alicyclic amines) is 1. The van der Waals surface area contributed by atoms with Gasteiger partial charge in [-0.1, -0.05) is 49.4 Å². The first-order valence-electron chi connectivity index (χ1n) is 10.7. The maximum absolute atomic E-state index is 13.1. The van der Waals surface area contributed by atoms with Crippen LogP contribution in [-0.4, -0.2) is 47.4 Å². The molecule has 0 unspecified atom stereocenters. The number of hydrogen-bond acceptors (Lipinski definition) is 2. The Bertz CT molecular complexity index is 714. The van der Waals surface area contributed by atoms with E-state index in [9.17, 15) is 9.59 Å². The molecule has 0 spiro atoms. The van der Waals surface area contributed by atoms with Crippen LogP contribution in [0.3, 0.4) is 0 Å². The fraction of sp³-hybridized carbons (Fsp3) is 0.636. The molecule has 7 heteroatoms. The highest BCUT2D eigenvalue weighted by atomic mass is 35.5. The molecule has 1 saturated carbocycles. The van der Waals surface area contributed by atoms with Crippen LogP contribution < -0.4 is 5.32 Å². The number of piperidine rings is 1. The van der Waals surface area contributed by atoms with E-state index < -0.39 is 0 Å². The van der Waals surface area contributed by atoms with Gasteiger partial charge in [-0.15, -0.1) is 0 Å². The van der Waals surface area contributed by atoms with E-state index in [0.717, 1.165) is 51.6 Å².